The second kappa shape index (κ2) is 9.54. The van der Waals surface area contributed by atoms with E-state index in [1.165, 1.54) is 5.56 Å². The topological polar surface area (TPSA) is 105 Å². The molecule has 8 nitrogen and oxygen atoms in total. The lowest BCUT2D eigenvalue weighted by molar-refractivity contribution is -0.153. The van der Waals surface area contributed by atoms with Crippen molar-refractivity contribution in [2.24, 2.45) is 0 Å². The summed E-state index contributed by atoms with van der Waals surface area (Å²) in [5, 5.41) is 12.3. The Kier molecular flexibility index (Phi) is 6.58. The molecule has 0 radical (unpaired) electrons. The molecule has 4 rings (SSSR count). The molecule has 0 saturated carbocycles. The number of carboxylic acid groups (broad SMARTS) is 1. The average Bonchev–Trinajstić information content (AvgIpc) is 2.82. The number of nitrogens with zero attached hydrogens (tertiary/aromatic N) is 3. The number of rotatable bonds is 10. The molecule has 2 aromatic heterocycles. The molecular formula is C24H30N4O4. The van der Waals surface area contributed by atoms with Crippen molar-refractivity contribution in [2.45, 2.75) is 50.4 Å². The summed E-state index contributed by atoms with van der Waals surface area (Å²) >= 11 is 0. The Morgan fingerprint density at radius 2 is 2.16 bits per heavy atom. The van der Waals surface area contributed by atoms with Crippen LogP contribution in [0.2, 0.25) is 0 Å². The van der Waals surface area contributed by atoms with E-state index >= 15 is 0 Å². The van der Waals surface area contributed by atoms with Crippen molar-refractivity contribution in [3.8, 4) is 5.88 Å². The highest BCUT2D eigenvalue weighted by Gasteiger charge is 2.52. The summed E-state index contributed by atoms with van der Waals surface area (Å²) in [5.74, 6) is 0.610. The zero-order valence-electron chi connectivity index (χ0n) is 18.5. The van der Waals surface area contributed by atoms with Crippen LogP contribution in [0, 0.1) is 0 Å². The lowest BCUT2D eigenvalue weighted by atomic mass is 9.69. The first-order valence-electron chi connectivity index (χ1n) is 11.3. The van der Waals surface area contributed by atoms with Gasteiger partial charge in [-0.3, -0.25) is 9.59 Å². The maximum Gasteiger partial charge on any atom is 0.305 e. The van der Waals surface area contributed by atoms with E-state index in [2.05, 4.69) is 22.4 Å². The largest absolute Gasteiger partial charge is 0.481 e. The second-order valence-electron chi connectivity index (χ2n) is 8.59. The standard InChI is InChI=1S/C24H30N4O4/c1-32-20-10-8-18(15-26-20)24(16-28(23(24)31)14-11-21(29)30)12-3-2-6-19-9-7-17-5-4-13-25-22(17)27-19/h7-10,15H,2-6,11-14,16H2,1H3,(H,25,27)(H,29,30). The number of unbranched alkanes of at least 4 members (excludes halogenated alkanes) is 1. The molecule has 0 aromatic carbocycles. The fraction of sp³-hybridized carbons (Fsp3) is 0.500. The van der Waals surface area contributed by atoms with E-state index < -0.39 is 11.4 Å². The van der Waals surface area contributed by atoms with Crippen LogP contribution in [0.5, 0.6) is 5.88 Å². The Morgan fingerprint density at radius 3 is 2.88 bits per heavy atom. The maximum atomic E-state index is 13.1. The summed E-state index contributed by atoms with van der Waals surface area (Å²) in [6.07, 6.45) is 7.26. The van der Waals surface area contributed by atoms with Crippen LogP contribution in [0.15, 0.2) is 30.5 Å². The third-order valence-corrected chi connectivity index (χ3v) is 6.49. The Labute approximate surface area is 188 Å². The lowest BCUT2D eigenvalue weighted by Crippen LogP contribution is -2.64. The van der Waals surface area contributed by atoms with Crippen molar-refractivity contribution in [2.75, 3.05) is 32.1 Å². The van der Waals surface area contributed by atoms with Gasteiger partial charge in [0.25, 0.3) is 0 Å². The first-order chi connectivity index (χ1) is 15.5. The third kappa shape index (κ3) is 4.54. The van der Waals surface area contributed by atoms with Gasteiger partial charge in [-0.2, -0.15) is 0 Å². The predicted molar refractivity (Wildman–Crippen MR) is 120 cm³/mol. The Bertz CT molecular complexity index is 978. The number of ether oxygens (including phenoxy) is 1. The molecule has 1 atom stereocenters. The van der Waals surface area contributed by atoms with E-state index in [1.807, 2.05) is 6.07 Å². The Balaban J connectivity index is 1.39. The minimum absolute atomic E-state index is 0.0122. The van der Waals surface area contributed by atoms with E-state index in [0.29, 0.717) is 18.8 Å². The number of anilines is 1. The maximum absolute atomic E-state index is 13.1. The molecule has 1 amide bonds. The van der Waals surface area contributed by atoms with Crippen LogP contribution in [0.3, 0.4) is 0 Å². The second-order valence-corrected chi connectivity index (χ2v) is 8.59. The van der Waals surface area contributed by atoms with Crippen molar-refractivity contribution in [3.05, 3.63) is 47.3 Å². The molecule has 1 unspecified atom stereocenters. The zero-order valence-corrected chi connectivity index (χ0v) is 18.5. The fourth-order valence-electron chi connectivity index (χ4n) is 4.66. The molecule has 0 spiro atoms. The first kappa shape index (κ1) is 22.0. The van der Waals surface area contributed by atoms with Crippen LogP contribution in [-0.2, 0) is 27.8 Å². The third-order valence-electron chi connectivity index (χ3n) is 6.49. The number of carbonyl (C=O) groups excluding carboxylic acids is 1. The molecule has 0 bridgehead atoms. The van der Waals surface area contributed by atoms with Gasteiger partial charge in [-0.15, -0.1) is 0 Å². The SMILES string of the molecule is COc1ccc(C2(CCCCc3ccc4c(n3)NCCC4)CN(CCC(=O)O)C2=O)cn1. The molecule has 8 heteroatoms. The van der Waals surface area contributed by atoms with Crippen molar-refractivity contribution in [3.63, 3.8) is 0 Å². The monoisotopic (exact) mass is 438 g/mol. The number of amides is 1. The van der Waals surface area contributed by atoms with E-state index in [1.54, 1.807) is 24.3 Å². The van der Waals surface area contributed by atoms with Crippen molar-refractivity contribution in [1.29, 1.82) is 0 Å². The molecule has 0 aliphatic carbocycles. The van der Waals surface area contributed by atoms with Gasteiger partial charge in [0.2, 0.25) is 11.8 Å². The minimum Gasteiger partial charge on any atom is -0.481 e. The van der Waals surface area contributed by atoms with Gasteiger partial charge in [-0.25, -0.2) is 9.97 Å². The number of aryl methyl sites for hydroxylation is 2. The summed E-state index contributed by atoms with van der Waals surface area (Å²) < 4.78 is 5.15. The molecule has 1 fully saturated rings. The van der Waals surface area contributed by atoms with Gasteiger partial charge in [-0.1, -0.05) is 18.6 Å². The molecule has 4 heterocycles. The molecule has 2 aliphatic rings. The van der Waals surface area contributed by atoms with Gasteiger partial charge in [-0.05, 0) is 49.3 Å². The Hall–Kier alpha value is -3.16. The molecule has 2 N–H and O–H groups in total. The highest BCUT2D eigenvalue weighted by molar-refractivity contribution is 5.94. The van der Waals surface area contributed by atoms with Crippen LogP contribution in [0.1, 0.15) is 48.9 Å². The number of likely N-dealkylation sites (tertiary alicyclic amines) is 1. The van der Waals surface area contributed by atoms with Crippen LogP contribution in [0.25, 0.3) is 0 Å². The van der Waals surface area contributed by atoms with Crippen molar-refractivity contribution in [1.82, 2.24) is 14.9 Å². The number of hydrogen-bond acceptors (Lipinski definition) is 6. The van der Waals surface area contributed by atoms with Crippen LogP contribution < -0.4 is 10.1 Å². The van der Waals surface area contributed by atoms with Gasteiger partial charge >= 0.3 is 5.97 Å². The highest BCUT2D eigenvalue weighted by Crippen LogP contribution is 2.41. The molecule has 170 valence electrons. The number of aromatic nitrogens is 2. The van der Waals surface area contributed by atoms with E-state index in [9.17, 15) is 9.59 Å². The predicted octanol–water partition coefficient (Wildman–Crippen LogP) is 2.81. The molecule has 2 aliphatic heterocycles. The van der Waals surface area contributed by atoms with E-state index in [0.717, 1.165) is 55.7 Å². The average molecular weight is 439 g/mol. The molecule has 32 heavy (non-hydrogen) atoms. The van der Waals surface area contributed by atoms with Gasteiger partial charge in [0.15, 0.2) is 0 Å². The quantitative estimate of drug-likeness (QED) is 0.434. The van der Waals surface area contributed by atoms with Crippen LogP contribution in [0.4, 0.5) is 5.82 Å². The number of nitrogens with one attached hydrogen (secondary N) is 1. The zero-order chi connectivity index (χ0) is 22.6. The summed E-state index contributed by atoms with van der Waals surface area (Å²) in [5.41, 5.74) is 2.59. The smallest absolute Gasteiger partial charge is 0.305 e. The number of pyridine rings is 2. The van der Waals surface area contributed by atoms with Crippen LogP contribution in [-0.4, -0.2) is 58.6 Å². The first-order valence-corrected chi connectivity index (χ1v) is 11.3. The number of β-lactam (4-membered cyclic amide) rings is 1. The van der Waals surface area contributed by atoms with Gasteiger partial charge < -0.3 is 20.1 Å². The Morgan fingerprint density at radius 1 is 1.28 bits per heavy atom. The molecule has 1 saturated heterocycles. The number of aliphatic carboxylic acids is 1. The number of hydrogen-bond donors (Lipinski definition) is 2. The summed E-state index contributed by atoms with van der Waals surface area (Å²) in [6, 6.07) is 7.95. The van der Waals surface area contributed by atoms with Crippen LogP contribution >= 0.6 is 0 Å². The summed E-state index contributed by atoms with van der Waals surface area (Å²) in [7, 11) is 1.56. The van der Waals surface area contributed by atoms with Gasteiger partial charge in [0, 0.05) is 37.6 Å². The summed E-state index contributed by atoms with van der Waals surface area (Å²) in [4.78, 5) is 34.7. The molecular weight excluding hydrogens is 408 g/mol. The number of carboxylic acids is 1. The lowest BCUT2D eigenvalue weighted by Gasteiger charge is -2.49. The fourth-order valence-corrected chi connectivity index (χ4v) is 4.66. The summed E-state index contributed by atoms with van der Waals surface area (Å²) in [6.45, 7) is 1.74. The normalized spacial score (nSPS) is 19.7. The minimum atomic E-state index is -0.895. The molecule has 2 aromatic rings. The van der Waals surface area contributed by atoms with Gasteiger partial charge in [0.1, 0.15) is 5.82 Å². The van der Waals surface area contributed by atoms with Crippen molar-refractivity contribution >= 4 is 17.7 Å². The van der Waals surface area contributed by atoms with E-state index in [4.69, 9.17) is 14.8 Å². The highest BCUT2D eigenvalue weighted by atomic mass is 16.5. The van der Waals surface area contributed by atoms with Gasteiger partial charge in [0.05, 0.1) is 18.9 Å². The van der Waals surface area contributed by atoms with E-state index in [-0.39, 0.29) is 18.9 Å². The number of fused-ring (bicyclic) bond motifs is 1. The number of methoxy groups -OCH3 is 1. The van der Waals surface area contributed by atoms with Crippen molar-refractivity contribution < 1.29 is 19.4 Å². The number of carbonyl (C=O) groups is 2.